The Kier molecular flexibility index (Phi) is 3.58. The summed E-state index contributed by atoms with van der Waals surface area (Å²) in [5, 5.41) is 0. The van der Waals surface area contributed by atoms with Gasteiger partial charge in [0.05, 0.1) is 6.61 Å². The van der Waals surface area contributed by atoms with Crippen molar-refractivity contribution in [1.82, 2.24) is 0 Å². The summed E-state index contributed by atoms with van der Waals surface area (Å²) in [5.74, 6) is 0.677. The molecule has 1 aliphatic rings. The lowest BCUT2D eigenvalue weighted by molar-refractivity contribution is 0.185. The molecule has 0 N–H and O–H groups in total. The number of rotatable bonds is 3. The molecule has 0 aromatic heterocycles. The fraction of sp³-hybridized carbons (Fsp3) is 0.333. The van der Waals surface area contributed by atoms with Gasteiger partial charge in [0, 0.05) is 7.11 Å². The minimum Gasteiger partial charge on any atom is -0.380 e. The molecule has 1 unspecified atom stereocenters. The van der Waals surface area contributed by atoms with E-state index in [0.717, 1.165) is 6.42 Å². The van der Waals surface area contributed by atoms with Crippen LogP contribution in [-0.4, -0.2) is 7.11 Å². The molecule has 0 radical (unpaired) electrons. The maximum absolute atomic E-state index is 5.10. The van der Waals surface area contributed by atoms with E-state index in [4.69, 9.17) is 4.74 Å². The van der Waals surface area contributed by atoms with Crippen molar-refractivity contribution in [1.29, 1.82) is 0 Å². The predicted molar refractivity (Wildman–Crippen MR) is 68.1 cm³/mol. The molecule has 1 aliphatic carbocycles. The molecular weight excluding hydrogens is 196 g/mol. The summed E-state index contributed by atoms with van der Waals surface area (Å²) < 4.78 is 5.10. The molecular formula is C15H18O. The maximum atomic E-state index is 5.10. The lowest BCUT2D eigenvalue weighted by Gasteiger charge is -2.12. The molecule has 16 heavy (non-hydrogen) atoms. The number of benzene rings is 1. The molecule has 0 heterocycles. The first kappa shape index (κ1) is 11.2. The van der Waals surface area contributed by atoms with Crippen molar-refractivity contribution in [2.45, 2.75) is 20.0 Å². The molecule has 1 nitrogen and oxygen atoms in total. The van der Waals surface area contributed by atoms with Crippen LogP contribution in [0.3, 0.4) is 0 Å². The first-order valence-corrected chi connectivity index (χ1v) is 5.76. The Morgan fingerprint density at radius 2 is 2.00 bits per heavy atom. The summed E-state index contributed by atoms with van der Waals surface area (Å²) in [6.07, 6.45) is 7.96. The van der Waals surface area contributed by atoms with Crippen molar-refractivity contribution < 1.29 is 4.74 Å². The van der Waals surface area contributed by atoms with Crippen LogP contribution in [0.2, 0.25) is 0 Å². The molecule has 1 aromatic carbocycles. The molecule has 0 spiro atoms. The monoisotopic (exact) mass is 214 g/mol. The summed E-state index contributed by atoms with van der Waals surface area (Å²) in [4.78, 5) is 0. The number of methoxy groups -OCH3 is 1. The highest BCUT2D eigenvalue weighted by Crippen LogP contribution is 2.24. The van der Waals surface area contributed by atoms with Crippen LogP contribution in [0.4, 0.5) is 0 Å². The Hall–Kier alpha value is -1.34. The quantitative estimate of drug-likeness (QED) is 0.743. The lowest BCUT2D eigenvalue weighted by atomic mass is 9.94. The van der Waals surface area contributed by atoms with Gasteiger partial charge in [-0.15, -0.1) is 0 Å². The second kappa shape index (κ2) is 5.13. The maximum Gasteiger partial charge on any atom is 0.0713 e. The minimum atomic E-state index is 0.677. The van der Waals surface area contributed by atoms with Gasteiger partial charge in [-0.25, -0.2) is 0 Å². The Labute approximate surface area is 97.4 Å². The SMILES string of the molecule is COCc1ccc(C2=CCC(C)C=C2)cc1. The van der Waals surface area contributed by atoms with Gasteiger partial charge in [-0.2, -0.15) is 0 Å². The fourth-order valence-corrected chi connectivity index (χ4v) is 1.90. The van der Waals surface area contributed by atoms with E-state index in [2.05, 4.69) is 49.4 Å². The highest BCUT2D eigenvalue weighted by molar-refractivity contribution is 5.74. The first-order valence-electron chi connectivity index (χ1n) is 5.76. The largest absolute Gasteiger partial charge is 0.380 e. The van der Waals surface area contributed by atoms with E-state index in [0.29, 0.717) is 12.5 Å². The number of hydrogen-bond donors (Lipinski definition) is 0. The average molecular weight is 214 g/mol. The molecule has 0 saturated carbocycles. The molecule has 1 aromatic rings. The Morgan fingerprint density at radius 1 is 1.25 bits per heavy atom. The average Bonchev–Trinajstić information content (AvgIpc) is 2.32. The zero-order valence-corrected chi connectivity index (χ0v) is 9.94. The van der Waals surface area contributed by atoms with Crippen LogP contribution < -0.4 is 0 Å². The van der Waals surface area contributed by atoms with Crippen molar-refractivity contribution >= 4 is 5.57 Å². The Bertz CT molecular complexity index is 398. The van der Waals surface area contributed by atoms with Crippen molar-refractivity contribution in [2.24, 2.45) is 5.92 Å². The van der Waals surface area contributed by atoms with Crippen molar-refractivity contribution in [3.8, 4) is 0 Å². The standard InChI is InChI=1S/C15H18O/c1-12-3-7-14(8-4-12)15-9-5-13(6-10-15)11-16-2/h3,5-10,12H,4,11H2,1-2H3. The molecule has 0 bridgehead atoms. The smallest absolute Gasteiger partial charge is 0.0713 e. The van der Waals surface area contributed by atoms with Gasteiger partial charge in [0.25, 0.3) is 0 Å². The molecule has 0 aliphatic heterocycles. The van der Waals surface area contributed by atoms with Crippen LogP contribution in [0.25, 0.3) is 5.57 Å². The van der Waals surface area contributed by atoms with Crippen LogP contribution in [0, 0.1) is 5.92 Å². The van der Waals surface area contributed by atoms with Crippen LogP contribution >= 0.6 is 0 Å². The zero-order chi connectivity index (χ0) is 11.4. The molecule has 0 saturated heterocycles. The van der Waals surface area contributed by atoms with E-state index in [1.165, 1.54) is 16.7 Å². The van der Waals surface area contributed by atoms with E-state index in [1.807, 2.05) is 0 Å². The molecule has 1 heteroatoms. The van der Waals surface area contributed by atoms with Gasteiger partial charge in [-0.05, 0) is 29.0 Å². The molecule has 0 amide bonds. The van der Waals surface area contributed by atoms with E-state index in [-0.39, 0.29) is 0 Å². The molecule has 84 valence electrons. The van der Waals surface area contributed by atoms with Gasteiger partial charge in [0.15, 0.2) is 0 Å². The van der Waals surface area contributed by atoms with Gasteiger partial charge < -0.3 is 4.74 Å². The van der Waals surface area contributed by atoms with Crippen LogP contribution in [0.15, 0.2) is 42.5 Å². The van der Waals surface area contributed by atoms with Gasteiger partial charge in [0.2, 0.25) is 0 Å². The van der Waals surface area contributed by atoms with Crippen LogP contribution in [0.5, 0.6) is 0 Å². The van der Waals surface area contributed by atoms with Gasteiger partial charge >= 0.3 is 0 Å². The van der Waals surface area contributed by atoms with Crippen molar-refractivity contribution in [3.63, 3.8) is 0 Å². The minimum absolute atomic E-state index is 0.677. The third kappa shape index (κ3) is 2.61. The third-order valence-corrected chi connectivity index (χ3v) is 2.91. The van der Waals surface area contributed by atoms with E-state index < -0.39 is 0 Å². The topological polar surface area (TPSA) is 9.23 Å². The Morgan fingerprint density at radius 3 is 2.56 bits per heavy atom. The van der Waals surface area contributed by atoms with E-state index in [1.54, 1.807) is 7.11 Å². The number of hydrogen-bond acceptors (Lipinski definition) is 1. The molecule has 0 fully saturated rings. The van der Waals surface area contributed by atoms with Crippen molar-refractivity contribution in [2.75, 3.05) is 7.11 Å². The van der Waals surface area contributed by atoms with Gasteiger partial charge in [-0.1, -0.05) is 49.4 Å². The van der Waals surface area contributed by atoms with Crippen molar-refractivity contribution in [3.05, 3.63) is 53.6 Å². The van der Waals surface area contributed by atoms with Gasteiger partial charge in [-0.3, -0.25) is 0 Å². The molecule has 1 atom stereocenters. The Balaban J connectivity index is 2.13. The van der Waals surface area contributed by atoms with E-state index >= 15 is 0 Å². The summed E-state index contributed by atoms with van der Waals surface area (Å²) in [6.45, 7) is 2.93. The number of allylic oxidation sites excluding steroid dienone is 4. The normalized spacial score (nSPS) is 19.6. The summed E-state index contributed by atoms with van der Waals surface area (Å²) in [5.41, 5.74) is 3.85. The number of ether oxygens (including phenoxy) is 1. The zero-order valence-electron chi connectivity index (χ0n) is 9.94. The summed E-state index contributed by atoms with van der Waals surface area (Å²) in [6, 6.07) is 8.60. The highest BCUT2D eigenvalue weighted by Gasteiger charge is 2.05. The summed E-state index contributed by atoms with van der Waals surface area (Å²) in [7, 11) is 1.72. The fourth-order valence-electron chi connectivity index (χ4n) is 1.90. The van der Waals surface area contributed by atoms with E-state index in [9.17, 15) is 0 Å². The second-order valence-corrected chi connectivity index (χ2v) is 4.36. The van der Waals surface area contributed by atoms with Gasteiger partial charge in [0.1, 0.15) is 0 Å². The predicted octanol–water partition coefficient (Wildman–Crippen LogP) is 3.81. The lowest BCUT2D eigenvalue weighted by Crippen LogP contribution is -1.94. The highest BCUT2D eigenvalue weighted by atomic mass is 16.5. The third-order valence-electron chi connectivity index (χ3n) is 2.91. The van der Waals surface area contributed by atoms with Crippen LogP contribution in [0.1, 0.15) is 24.5 Å². The second-order valence-electron chi connectivity index (χ2n) is 4.36. The van der Waals surface area contributed by atoms with Crippen LogP contribution in [-0.2, 0) is 11.3 Å². The molecule has 2 rings (SSSR count). The summed E-state index contributed by atoms with van der Waals surface area (Å²) >= 11 is 0. The first-order chi connectivity index (χ1) is 7.79.